The number of fused-ring (bicyclic) bond motifs is 1. The number of allylic oxidation sites excluding steroid dienone is 5. The van der Waals surface area contributed by atoms with Gasteiger partial charge in [0.1, 0.15) is 0 Å². The van der Waals surface area contributed by atoms with E-state index in [9.17, 15) is 0 Å². The number of aryl methyl sites for hydroxylation is 1. The van der Waals surface area contributed by atoms with Gasteiger partial charge in [-0.25, -0.2) is 9.97 Å². The van der Waals surface area contributed by atoms with Crippen LogP contribution in [0.2, 0.25) is 0 Å². The lowest BCUT2D eigenvalue weighted by molar-refractivity contribution is 1.18. The fraction of sp³-hybridized carbons (Fsp3) is 0.0435. The molecule has 50 heavy (non-hydrogen) atoms. The fourth-order valence-electron chi connectivity index (χ4n) is 6.46. The van der Waals surface area contributed by atoms with Gasteiger partial charge in [0.2, 0.25) is 0 Å². The molecule has 0 N–H and O–H groups in total. The Hall–Kier alpha value is -6.52. The highest BCUT2D eigenvalue weighted by Gasteiger charge is 2.18. The van der Waals surface area contributed by atoms with Gasteiger partial charge in [0.05, 0.1) is 22.4 Å². The molecule has 6 aromatic carbocycles. The second-order valence-corrected chi connectivity index (χ2v) is 12.3. The van der Waals surface area contributed by atoms with E-state index in [4.69, 9.17) is 9.97 Å². The van der Waals surface area contributed by atoms with Crippen molar-refractivity contribution >= 4 is 39.5 Å². The number of aromatic nitrogens is 2. The smallest absolute Gasteiger partial charge is 0.0973 e. The molecular formula is C46H36N4. The number of rotatable bonds is 8. The van der Waals surface area contributed by atoms with E-state index in [-0.39, 0.29) is 0 Å². The molecule has 0 saturated heterocycles. The van der Waals surface area contributed by atoms with Crippen LogP contribution in [0.3, 0.4) is 0 Å². The van der Waals surface area contributed by atoms with E-state index in [0.29, 0.717) is 0 Å². The number of nitrogens with zero attached hydrogens (tertiary/aromatic N) is 4. The van der Waals surface area contributed by atoms with Gasteiger partial charge in [-0.15, -0.1) is 0 Å². The molecule has 1 aliphatic carbocycles. The SMILES string of the molecule is Cc1ccc2nc(-c3ccc(N(c4ccccc4)c4ccc(N(C5=CCC=CC=C5)c5ccccc5)cc4)cc3)c(-c3ccccc3)nc2c1. The highest BCUT2D eigenvalue weighted by Crippen LogP contribution is 2.39. The Morgan fingerprint density at radius 3 is 1.60 bits per heavy atom. The summed E-state index contributed by atoms with van der Waals surface area (Å²) in [7, 11) is 0. The summed E-state index contributed by atoms with van der Waals surface area (Å²) in [5.74, 6) is 0. The molecule has 4 heteroatoms. The summed E-state index contributed by atoms with van der Waals surface area (Å²) < 4.78 is 0. The second-order valence-electron chi connectivity index (χ2n) is 12.3. The topological polar surface area (TPSA) is 32.3 Å². The number of anilines is 5. The van der Waals surface area contributed by atoms with Crippen LogP contribution in [0.25, 0.3) is 33.5 Å². The zero-order valence-corrected chi connectivity index (χ0v) is 27.9. The zero-order chi connectivity index (χ0) is 33.7. The van der Waals surface area contributed by atoms with Crippen LogP contribution < -0.4 is 9.80 Å². The molecule has 0 unspecified atom stereocenters. The van der Waals surface area contributed by atoms with Crippen molar-refractivity contribution in [2.75, 3.05) is 9.80 Å². The lowest BCUT2D eigenvalue weighted by Gasteiger charge is -2.29. The fourth-order valence-corrected chi connectivity index (χ4v) is 6.46. The lowest BCUT2D eigenvalue weighted by atomic mass is 10.0. The van der Waals surface area contributed by atoms with Gasteiger partial charge in [-0.05, 0) is 97.8 Å². The summed E-state index contributed by atoms with van der Waals surface area (Å²) in [6, 6.07) is 55.1. The monoisotopic (exact) mass is 644 g/mol. The van der Waals surface area contributed by atoms with E-state index >= 15 is 0 Å². The van der Waals surface area contributed by atoms with Crippen LogP contribution in [0.4, 0.5) is 28.4 Å². The lowest BCUT2D eigenvalue weighted by Crippen LogP contribution is -2.15. The van der Waals surface area contributed by atoms with E-state index in [1.807, 2.05) is 18.2 Å². The van der Waals surface area contributed by atoms with Crippen molar-refractivity contribution in [1.82, 2.24) is 9.97 Å². The quantitative estimate of drug-likeness (QED) is 0.165. The van der Waals surface area contributed by atoms with E-state index in [1.54, 1.807) is 0 Å². The third-order valence-electron chi connectivity index (χ3n) is 8.90. The van der Waals surface area contributed by atoms with Gasteiger partial charge in [0.25, 0.3) is 0 Å². The maximum absolute atomic E-state index is 5.16. The number of hydrogen-bond donors (Lipinski definition) is 0. The van der Waals surface area contributed by atoms with Crippen molar-refractivity contribution in [2.45, 2.75) is 13.3 Å². The largest absolute Gasteiger partial charge is 0.311 e. The van der Waals surface area contributed by atoms with Gasteiger partial charge in [-0.3, -0.25) is 0 Å². The molecule has 0 saturated carbocycles. The molecule has 4 nitrogen and oxygen atoms in total. The zero-order valence-electron chi connectivity index (χ0n) is 27.9. The van der Waals surface area contributed by atoms with E-state index in [1.165, 1.54) is 5.56 Å². The van der Waals surface area contributed by atoms with Crippen LogP contribution in [0.15, 0.2) is 194 Å². The van der Waals surface area contributed by atoms with Crippen LogP contribution in [0, 0.1) is 6.92 Å². The van der Waals surface area contributed by atoms with Crippen LogP contribution in [0.1, 0.15) is 12.0 Å². The van der Waals surface area contributed by atoms with Gasteiger partial charge in [0, 0.05) is 45.3 Å². The Labute approximate surface area is 293 Å². The molecule has 1 aliphatic rings. The van der Waals surface area contributed by atoms with Crippen molar-refractivity contribution < 1.29 is 0 Å². The second kappa shape index (κ2) is 13.9. The van der Waals surface area contributed by atoms with E-state index < -0.39 is 0 Å². The average Bonchev–Trinajstić information content (AvgIpc) is 3.46. The maximum atomic E-state index is 5.16. The van der Waals surface area contributed by atoms with E-state index in [0.717, 1.165) is 74.1 Å². The molecule has 0 fully saturated rings. The minimum absolute atomic E-state index is 0.868. The predicted molar refractivity (Wildman–Crippen MR) is 209 cm³/mol. The van der Waals surface area contributed by atoms with Gasteiger partial charge < -0.3 is 9.80 Å². The van der Waals surface area contributed by atoms with Gasteiger partial charge >= 0.3 is 0 Å². The summed E-state index contributed by atoms with van der Waals surface area (Å²) in [5, 5.41) is 0. The molecule has 8 rings (SSSR count). The molecule has 0 amide bonds. The first kappa shape index (κ1) is 30.8. The van der Waals surface area contributed by atoms with Gasteiger partial charge in [-0.2, -0.15) is 0 Å². The van der Waals surface area contributed by atoms with Gasteiger partial charge in [-0.1, -0.05) is 109 Å². The molecule has 7 aromatic rings. The first-order valence-electron chi connectivity index (χ1n) is 17.0. The minimum atomic E-state index is 0.868. The first-order valence-corrected chi connectivity index (χ1v) is 17.0. The highest BCUT2D eigenvalue weighted by molar-refractivity contribution is 5.87. The Morgan fingerprint density at radius 1 is 0.460 bits per heavy atom. The Bertz CT molecular complexity index is 2330. The number of benzene rings is 6. The molecule has 240 valence electrons. The Kier molecular flexibility index (Phi) is 8.57. The van der Waals surface area contributed by atoms with Crippen LogP contribution >= 0.6 is 0 Å². The number of para-hydroxylation sites is 2. The molecule has 0 bridgehead atoms. The Morgan fingerprint density at radius 2 is 0.960 bits per heavy atom. The van der Waals surface area contributed by atoms with Crippen molar-refractivity contribution in [3.8, 4) is 22.5 Å². The third-order valence-corrected chi connectivity index (χ3v) is 8.90. The standard InChI is InChI=1S/C46H36N4/c1-34-23-32-43-44(33-34)48-45(35-15-7-4-8-16-35)46(47-43)36-24-26-40(27-25-36)50(39-21-13-6-14-22-39)42-30-28-41(29-31-42)49(38-19-11-5-12-20-38)37-17-9-2-3-10-18-37/h2-9,11-33H,10H2,1H3. The van der Waals surface area contributed by atoms with Crippen molar-refractivity contribution in [3.05, 3.63) is 199 Å². The summed E-state index contributed by atoms with van der Waals surface area (Å²) in [4.78, 5) is 14.9. The van der Waals surface area contributed by atoms with Crippen molar-refractivity contribution in [3.63, 3.8) is 0 Å². The normalized spacial score (nSPS) is 12.4. The van der Waals surface area contributed by atoms with Crippen molar-refractivity contribution in [1.29, 1.82) is 0 Å². The molecule has 0 spiro atoms. The van der Waals surface area contributed by atoms with Crippen LogP contribution in [-0.2, 0) is 0 Å². The molecule has 0 radical (unpaired) electrons. The van der Waals surface area contributed by atoms with E-state index in [2.05, 4.69) is 187 Å². The molecule has 0 atom stereocenters. The molecule has 1 heterocycles. The molecular weight excluding hydrogens is 609 g/mol. The maximum Gasteiger partial charge on any atom is 0.0973 e. The van der Waals surface area contributed by atoms with Crippen LogP contribution in [0.5, 0.6) is 0 Å². The summed E-state index contributed by atoms with van der Waals surface area (Å²) in [6.07, 6.45) is 11.7. The van der Waals surface area contributed by atoms with Gasteiger partial charge in [0.15, 0.2) is 0 Å². The summed E-state index contributed by atoms with van der Waals surface area (Å²) in [5.41, 5.74) is 13.3. The summed E-state index contributed by atoms with van der Waals surface area (Å²) >= 11 is 0. The first-order chi connectivity index (χ1) is 24.7. The third kappa shape index (κ3) is 6.35. The molecule has 1 aromatic heterocycles. The highest BCUT2D eigenvalue weighted by atomic mass is 15.2. The number of hydrogen-bond acceptors (Lipinski definition) is 4. The van der Waals surface area contributed by atoms with Crippen molar-refractivity contribution in [2.24, 2.45) is 0 Å². The minimum Gasteiger partial charge on any atom is -0.311 e. The average molecular weight is 645 g/mol. The predicted octanol–water partition coefficient (Wildman–Crippen LogP) is 12.3. The summed E-state index contributed by atoms with van der Waals surface area (Å²) in [6.45, 7) is 2.09. The van der Waals surface area contributed by atoms with Crippen LogP contribution in [-0.4, -0.2) is 9.97 Å². The Balaban J connectivity index is 1.18. The molecule has 0 aliphatic heterocycles.